The van der Waals surface area contributed by atoms with Crippen LogP contribution in [-0.4, -0.2) is 16.7 Å². The summed E-state index contributed by atoms with van der Waals surface area (Å²) < 4.78 is 0. The lowest BCUT2D eigenvalue weighted by Gasteiger charge is -2.46. The standard InChI is InChI=1S/C84H85BN4/c1-79(2,3)58-37-57(38-59(43-58)80(4,5)6)78-86-71-30-24-23-29-66(71)75(87-78)56-41-72-74-73(42-56)89(65-48-62(83(13,14)15)45-63(49-65)84(16,17)18)77-68-40-53-28-22-20-26-51(53)36-55(68)32-34-70(77)85(74)69-33-31-54-35-50-25-19-21-27-52(50)39-67(54)76(69)88(72)64-46-60(81(7,8)9)44-61(47-64)82(10,11)12/h19-49H,1-18H3. The second-order valence-electron chi connectivity index (χ2n) is 32.1. The third-order valence-corrected chi connectivity index (χ3v) is 19.4. The van der Waals surface area contributed by atoms with Crippen molar-refractivity contribution in [2.24, 2.45) is 0 Å². The highest BCUT2D eigenvalue weighted by molar-refractivity contribution is 7.00. The van der Waals surface area contributed by atoms with Crippen LogP contribution in [0.5, 0.6) is 0 Å². The lowest BCUT2D eigenvalue weighted by atomic mass is 9.33. The molecule has 0 saturated carbocycles. The molecule has 2 aliphatic rings. The van der Waals surface area contributed by atoms with Crippen molar-refractivity contribution >= 4 is 111 Å². The van der Waals surface area contributed by atoms with Crippen molar-refractivity contribution in [1.82, 2.24) is 9.97 Å². The van der Waals surface area contributed by atoms with E-state index in [1.54, 1.807) is 0 Å². The highest BCUT2D eigenvalue weighted by Crippen LogP contribution is 2.52. The zero-order valence-corrected chi connectivity index (χ0v) is 55.8. The normalized spacial score (nSPS) is 13.9. The third kappa shape index (κ3) is 9.99. The van der Waals surface area contributed by atoms with Gasteiger partial charge >= 0.3 is 0 Å². The van der Waals surface area contributed by atoms with Crippen LogP contribution in [-0.2, 0) is 32.5 Å². The van der Waals surface area contributed by atoms with Crippen LogP contribution in [0.3, 0.4) is 0 Å². The van der Waals surface area contributed by atoms with E-state index in [1.165, 1.54) is 104 Å². The molecule has 11 aromatic carbocycles. The number of anilines is 6. The molecule has 0 atom stereocenters. The van der Waals surface area contributed by atoms with E-state index in [0.717, 1.165) is 56.3 Å². The van der Waals surface area contributed by atoms with Crippen LogP contribution in [0.25, 0.3) is 76.6 Å². The molecule has 0 N–H and O–H groups in total. The van der Waals surface area contributed by atoms with Gasteiger partial charge in [-0.1, -0.05) is 234 Å². The average Bonchev–Trinajstić information content (AvgIpc) is 0.687. The summed E-state index contributed by atoms with van der Waals surface area (Å²) in [6, 6.07) is 73.0. The molecule has 0 bridgehead atoms. The van der Waals surface area contributed by atoms with E-state index in [4.69, 9.17) is 9.97 Å². The van der Waals surface area contributed by atoms with E-state index in [9.17, 15) is 0 Å². The molecule has 0 saturated heterocycles. The molecule has 0 unspecified atom stereocenters. The Morgan fingerprint density at radius 2 is 0.663 bits per heavy atom. The van der Waals surface area contributed by atoms with Gasteiger partial charge in [-0.05, 0) is 193 Å². The summed E-state index contributed by atoms with van der Waals surface area (Å²) in [4.78, 5) is 16.8. The smallest absolute Gasteiger partial charge is 0.252 e. The Kier molecular flexibility index (Phi) is 13.1. The Morgan fingerprint density at radius 3 is 1.06 bits per heavy atom. The minimum atomic E-state index is -0.160. The predicted octanol–water partition coefficient (Wildman–Crippen LogP) is 21.4. The fraction of sp³-hybridized carbons (Fsp3) is 0.286. The number of fused-ring (bicyclic) bond motifs is 11. The van der Waals surface area contributed by atoms with Crippen LogP contribution >= 0.6 is 0 Å². The zero-order valence-electron chi connectivity index (χ0n) is 55.8. The van der Waals surface area contributed by atoms with Gasteiger partial charge in [0.15, 0.2) is 5.82 Å². The van der Waals surface area contributed by atoms with Gasteiger partial charge in [-0.3, -0.25) is 0 Å². The molecule has 0 fully saturated rings. The van der Waals surface area contributed by atoms with Gasteiger partial charge in [0.1, 0.15) is 0 Å². The fourth-order valence-corrected chi connectivity index (χ4v) is 13.9. The highest BCUT2D eigenvalue weighted by Gasteiger charge is 2.46. The van der Waals surface area contributed by atoms with Gasteiger partial charge in [-0.25, -0.2) is 9.97 Å². The Labute approximate surface area is 529 Å². The first-order valence-electron chi connectivity index (χ1n) is 32.3. The molecule has 3 heterocycles. The molecule has 0 aliphatic carbocycles. The molecule has 89 heavy (non-hydrogen) atoms. The maximum atomic E-state index is 5.94. The second kappa shape index (κ2) is 20.0. The first-order valence-corrected chi connectivity index (χ1v) is 32.3. The topological polar surface area (TPSA) is 32.3 Å². The molecule has 4 nitrogen and oxygen atoms in total. The lowest BCUT2D eigenvalue weighted by molar-refractivity contribution is 0.568. The molecule has 0 amide bonds. The molecule has 12 aromatic rings. The van der Waals surface area contributed by atoms with Crippen LogP contribution in [0.15, 0.2) is 188 Å². The number of aromatic nitrogens is 2. The van der Waals surface area contributed by atoms with Crippen molar-refractivity contribution in [2.45, 2.75) is 157 Å². The summed E-state index contributed by atoms with van der Waals surface area (Å²) in [6.45, 7) is 42.1. The molecule has 1 aromatic heterocycles. The summed E-state index contributed by atoms with van der Waals surface area (Å²) in [6.07, 6.45) is 0. The number of nitrogens with zero attached hydrogens (tertiary/aromatic N) is 4. The largest absolute Gasteiger partial charge is 0.311 e. The van der Waals surface area contributed by atoms with Crippen molar-refractivity contribution in [3.63, 3.8) is 0 Å². The average molecular weight is 1160 g/mol. The van der Waals surface area contributed by atoms with Crippen molar-refractivity contribution in [1.29, 1.82) is 0 Å². The van der Waals surface area contributed by atoms with Crippen molar-refractivity contribution in [2.75, 3.05) is 9.80 Å². The van der Waals surface area contributed by atoms with E-state index in [1.807, 2.05) is 0 Å². The van der Waals surface area contributed by atoms with Gasteiger partial charge in [0.05, 0.1) is 11.2 Å². The third-order valence-electron chi connectivity index (χ3n) is 19.4. The lowest BCUT2D eigenvalue weighted by Crippen LogP contribution is -2.61. The van der Waals surface area contributed by atoms with Gasteiger partial charge in [-0.2, -0.15) is 0 Å². The molecule has 5 heteroatoms. The van der Waals surface area contributed by atoms with Crippen LogP contribution in [0.4, 0.5) is 34.1 Å². The van der Waals surface area contributed by atoms with Crippen LogP contribution < -0.4 is 26.2 Å². The van der Waals surface area contributed by atoms with E-state index in [2.05, 4.69) is 322 Å². The molecule has 0 spiro atoms. The van der Waals surface area contributed by atoms with Crippen LogP contribution in [0, 0.1) is 0 Å². The van der Waals surface area contributed by atoms with E-state index in [0.29, 0.717) is 0 Å². The predicted molar refractivity (Wildman–Crippen MR) is 387 cm³/mol. The monoisotopic (exact) mass is 1160 g/mol. The Hall–Kier alpha value is -8.54. The summed E-state index contributed by atoms with van der Waals surface area (Å²) >= 11 is 0. The maximum Gasteiger partial charge on any atom is 0.252 e. The first-order chi connectivity index (χ1) is 41.9. The van der Waals surface area contributed by atoms with Gasteiger partial charge in [0.25, 0.3) is 6.71 Å². The van der Waals surface area contributed by atoms with E-state index < -0.39 is 0 Å². The second-order valence-corrected chi connectivity index (χ2v) is 32.1. The fourth-order valence-electron chi connectivity index (χ4n) is 13.9. The summed E-state index contributed by atoms with van der Waals surface area (Å²) in [5.74, 6) is 0.722. The summed E-state index contributed by atoms with van der Waals surface area (Å²) in [5.41, 5.74) is 21.7. The SMILES string of the molecule is CC(C)(C)c1cc(-c2nc(-c3cc4c5c(c3)N(c3cc(C(C)(C)C)cc(C(C)(C)C)c3)c3c(ccc6cc7ccccc7cc36)B5c3ccc5cc6ccccc6cc5c3N4c3cc(C(C)(C)C)cc(C(C)(C)C)c3)c3ccccc3n2)cc(C(C)(C)C)c1. The Balaban J connectivity index is 1.20. The molecule has 2 aliphatic heterocycles. The molecular formula is C84H85BN4. The van der Waals surface area contributed by atoms with Crippen LogP contribution in [0.2, 0.25) is 0 Å². The highest BCUT2D eigenvalue weighted by atomic mass is 15.2. The van der Waals surface area contributed by atoms with Gasteiger partial charge in [0.2, 0.25) is 0 Å². The number of benzene rings is 11. The van der Waals surface area contributed by atoms with Gasteiger partial charge in [-0.15, -0.1) is 0 Å². The summed E-state index contributed by atoms with van der Waals surface area (Å²) in [7, 11) is 0. The van der Waals surface area contributed by atoms with Gasteiger partial charge in [0, 0.05) is 61.4 Å². The molecule has 444 valence electrons. The number of hydrogen-bond acceptors (Lipinski definition) is 4. The minimum absolute atomic E-state index is 0.103. The number of para-hydroxylation sites is 1. The van der Waals surface area contributed by atoms with E-state index in [-0.39, 0.29) is 39.2 Å². The molecule has 0 radical (unpaired) electrons. The number of hydrogen-bond donors (Lipinski definition) is 0. The molecule has 14 rings (SSSR count). The van der Waals surface area contributed by atoms with E-state index >= 15 is 0 Å². The van der Waals surface area contributed by atoms with Crippen molar-refractivity contribution in [3.8, 4) is 22.6 Å². The Morgan fingerprint density at radius 1 is 0.303 bits per heavy atom. The zero-order chi connectivity index (χ0) is 62.8. The Bertz CT molecular complexity index is 4600. The van der Waals surface area contributed by atoms with Crippen LogP contribution in [0.1, 0.15) is 158 Å². The van der Waals surface area contributed by atoms with Crippen molar-refractivity contribution < 1.29 is 0 Å². The maximum absolute atomic E-state index is 5.94. The van der Waals surface area contributed by atoms with Crippen molar-refractivity contribution in [3.05, 3.63) is 221 Å². The summed E-state index contributed by atoms with van der Waals surface area (Å²) in [5, 5.41) is 10.8. The van der Waals surface area contributed by atoms with Gasteiger partial charge < -0.3 is 9.80 Å². The quantitative estimate of drug-likeness (QED) is 0.130. The number of rotatable bonds is 4. The first kappa shape index (κ1) is 58.2. The minimum Gasteiger partial charge on any atom is -0.311 e. The molecular weight excluding hydrogens is 1080 g/mol.